The summed E-state index contributed by atoms with van der Waals surface area (Å²) in [7, 11) is 0. The largest absolute Gasteiger partial charge is 0.434 e. The number of hydrogen-bond acceptors (Lipinski definition) is 4. The van der Waals surface area contributed by atoms with Crippen LogP contribution in [-0.2, 0) is 11.0 Å². The van der Waals surface area contributed by atoms with Crippen LogP contribution in [0.4, 0.5) is 18.9 Å². The Morgan fingerprint density at radius 2 is 1.91 bits per heavy atom. The Hall–Kier alpha value is -3.75. The number of rotatable bonds is 4. The quantitative estimate of drug-likeness (QED) is 0.443. The zero-order chi connectivity index (χ0) is 23.4. The van der Waals surface area contributed by atoms with Gasteiger partial charge >= 0.3 is 6.18 Å². The molecule has 1 amide bonds. The highest BCUT2D eigenvalue weighted by molar-refractivity contribution is 5.97. The molecule has 33 heavy (non-hydrogen) atoms. The summed E-state index contributed by atoms with van der Waals surface area (Å²) in [5, 5.41) is 7.34. The Bertz CT molecular complexity index is 1390. The van der Waals surface area contributed by atoms with Gasteiger partial charge in [-0.3, -0.25) is 9.78 Å². The zero-order valence-corrected chi connectivity index (χ0v) is 17.9. The number of pyridine rings is 1. The number of nitrogens with one attached hydrogen (secondary N) is 1. The number of nitrogens with zero attached hydrogens (tertiary/aromatic N) is 4. The van der Waals surface area contributed by atoms with Gasteiger partial charge in [-0.25, -0.2) is 9.50 Å². The predicted octanol–water partition coefficient (Wildman–Crippen LogP) is 5.52. The van der Waals surface area contributed by atoms with E-state index in [0.717, 1.165) is 30.2 Å². The lowest BCUT2D eigenvalue weighted by Gasteiger charge is -2.13. The van der Waals surface area contributed by atoms with E-state index < -0.39 is 11.9 Å². The first-order chi connectivity index (χ1) is 15.6. The molecule has 4 aromatic rings. The summed E-state index contributed by atoms with van der Waals surface area (Å²) < 4.78 is 41.6. The van der Waals surface area contributed by atoms with Crippen molar-refractivity contribution >= 4 is 17.2 Å². The summed E-state index contributed by atoms with van der Waals surface area (Å²) in [5.41, 5.74) is 2.24. The minimum Gasteiger partial charge on any atom is -0.325 e. The van der Waals surface area contributed by atoms with Crippen molar-refractivity contribution in [3.05, 3.63) is 66.1 Å². The number of aromatic nitrogens is 4. The molecule has 0 atom stereocenters. The van der Waals surface area contributed by atoms with Crippen LogP contribution in [0.25, 0.3) is 28.2 Å². The molecule has 1 fully saturated rings. The molecule has 3 aromatic heterocycles. The molecule has 0 saturated heterocycles. The molecule has 0 aliphatic heterocycles. The van der Waals surface area contributed by atoms with Crippen molar-refractivity contribution in [1.82, 2.24) is 19.6 Å². The van der Waals surface area contributed by atoms with Crippen LogP contribution in [0.2, 0.25) is 0 Å². The van der Waals surface area contributed by atoms with Crippen molar-refractivity contribution in [3.63, 3.8) is 0 Å². The van der Waals surface area contributed by atoms with E-state index in [1.165, 1.54) is 22.7 Å². The molecule has 0 spiro atoms. The van der Waals surface area contributed by atoms with Crippen molar-refractivity contribution < 1.29 is 18.0 Å². The van der Waals surface area contributed by atoms with Crippen LogP contribution in [0.1, 0.15) is 31.0 Å². The number of anilines is 1. The average molecular weight is 451 g/mol. The number of alkyl halides is 3. The van der Waals surface area contributed by atoms with Crippen LogP contribution in [-0.4, -0.2) is 25.5 Å². The molecule has 1 N–H and O–H groups in total. The lowest BCUT2D eigenvalue weighted by Crippen LogP contribution is -2.21. The average Bonchev–Trinajstić information content (AvgIpc) is 3.39. The molecular formula is C24H20F3N5O. The van der Waals surface area contributed by atoms with Gasteiger partial charge in [-0.2, -0.15) is 18.3 Å². The van der Waals surface area contributed by atoms with Crippen molar-refractivity contribution in [3.8, 4) is 22.5 Å². The first-order valence-corrected chi connectivity index (χ1v) is 10.5. The van der Waals surface area contributed by atoms with E-state index in [1.807, 2.05) is 32.0 Å². The van der Waals surface area contributed by atoms with Crippen molar-refractivity contribution in [2.24, 2.45) is 5.41 Å². The Balaban J connectivity index is 1.50. The fraction of sp³-hybridized carbons (Fsp3) is 0.250. The van der Waals surface area contributed by atoms with E-state index >= 15 is 0 Å². The second-order valence-corrected chi connectivity index (χ2v) is 8.59. The third kappa shape index (κ3) is 3.94. The number of carbonyl (C=O) groups is 1. The van der Waals surface area contributed by atoms with Gasteiger partial charge in [0.2, 0.25) is 5.91 Å². The van der Waals surface area contributed by atoms with E-state index in [4.69, 9.17) is 0 Å². The molecule has 9 heteroatoms. The normalized spacial score (nSPS) is 14.9. The molecule has 3 heterocycles. The molecule has 168 valence electrons. The van der Waals surface area contributed by atoms with Crippen LogP contribution >= 0.6 is 0 Å². The lowest BCUT2D eigenvalue weighted by atomic mass is 10.1. The molecule has 1 saturated carbocycles. The molecule has 6 nitrogen and oxygen atoms in total. The predicted molar refractivity (Wildman–Crippen MR) is 117 cm³/mol. The third-order valence-electron chi connectivity index (χ3n) is 6.00. The maximum atomic E-state index is 13.4. The number of amides is 1. The number of halogens is 3. The van der Waals surface area contributed by atoms with Crippen LogP contribution in [0, 0.1) is 12.3 Å². The van der Waals surface area contributed by atoms with Gasteiger partial charge in [0, 0.05) is 28.4 Å². The second-order valence-electron chi connectivity index (χ2n) is 8.59. The van der Waals surface area contributed by atoms with E-state index in [2.05, 4.69) is 20.4 Å². The smallest absolute Gasteiger partial charge is 0.325 e. The molecule has 0 unspecified atom stereocenters. The minimum absolute atomic E-state index is 0.000925. The third-order valence-corrected chi connectivity index (χ3v) is 6.00. The van der Waals surface area contributed by atoms with Crippen LogP contribution < -0.4 is 5.32 Å². The van der Waals surface area contributed by atoms with E-state index in [0.29, 0.717) is 17.0 Å². The first kappa shape index (κ1) is 21.1. The molecular weight excluding hydrogens is 431 g/mol. The van der Waals surface area contributed by atoms with Crippen LogP contribution in [0.15, 0.2) is 54.9 Å². The highest BCUT2D eigenvalue weighted by atomic mass is 19.4. The Morgan fingerprint density at radius 1 is 1.12 bits per heavy atom. The summed E-state index contributed by atoms with van der Waals surface area (Å²) in [6.07, 6.45) is -0.0674. The van der Waals surface area contributed by atoms with E-state index in [9.17, 15) is 18.0 Å². The number of aryl methyl sites for hydroxylation is 1. The van der Waals surface area contributed by atoms with Gasteiger partial charge < -0.3 is 5.32 Å². The Kier molecular flexibility index (Phi) is 4.73. The van der Waals surface area contributed by atoms with Crippen molar-refractivity contribution in [2.75, 3.05) is 5.32 Å². The summed E-state index contributed by atoms with van der Waals surface area (Å²) in [4.78, 5) is 20.5. The monoisotopic (exact) mass is 451 g/mol. The highest BCUT2D eigenvalue weighted by Crippen LogP contribution is 2.46. The minimum atomic E-state index is -4.59. The fourth-order valence-corrected chi connectivity index (χ4v) is 3.61. The maximum absolute atomic E-state index is 13.4. The van der Waals surface area contributed by atoms with Crippen LogP contribution in [0.3, 0.4) is 0 Å². The molecule has 0 bridgehead atoms. The number of imidazole rings is 1. The number of carbonyl (C=O) groups excluding carboxylic acids is 1. The summed E-state index contributed by atoms with van der Waals surface area (Å²) in [6, 6.07) is 11.5. The number of hydrogen-bond donors (Lipinski definition) is 1. The lowest BCUT2D eigenvalue weighted by molar-refractivity contribution is -0.140. The van der Waals surface area contributed by atoms with Gasteiger partial charge in [-0.15, -0.1) is 0 Å². The first-order valence-electron chi connectivity index (χ1n) is 10.5. The molecule has 5 rings (SSSR count). The summed E-state index contributed by atoms with van der Waals surface area (Å²) >= 11 is 0. The van der Waals surface area contributed by atoms with Gasteiger partial charge in [0.15, 0.2) is 11.3 Å². The summed E-state index contributed by atoms with van der Waals surface area (Å²) in [6.45, 7) is 3.86. The van der Waals surface area contributed by atoms with Gasteiger partial charge in [0.25, 0.3) is 0 Å². The highest BCUT2D eigenvalue weighted by Gasteiger charge is 2.45. The fourth-order valence-electron chi connectivity index (χ4n) is 3.61. The van der Waals surface area contributed by atoms with Crippen molar-refractivity contribution in [2.45, 2.75) is 32.9 Å². The van der Waals surface area contributed by atoms with Crippen LogP contribution in [0.5, 0.6) is 0 Å². The number of fused-ring (bicyclic) bond motifs is 1. The van der Waals surface area contributed by atoms with Gasteiger partial charge in [0.1, 0.15) is 0 Å². The summed E-state index contributed by atoms with van der Waals surface area (Å²) in [5.74, 6) is 0.000925. The van der Waals surface area contributed by atoms with Gasteiger partial charge in [-0.05, 0) is 55.7 Å². The Morgan fingerprint density at radius 3 is 2.64 bits per heavy atom. The van der Waals surface area contributed by atoms with Gasteiger partial charge in [-0.1, -0.05) is 19.1 Å². The maximum Gasteiger partial charge on any atom is 0.434 e. The molecule has 0 radical (unpaired) electrons. The second kappa shape index (κ2) is 7.40. The van der Waals surface area contributed by atoms with E-state index in [1.54, 1.807) is 12.3 Å². The SMILES string of the molecule is Cc1ccc(-c2cn3nc(-c4cccnc4C(F)(F)F)ccc3n2)cc1NC(=O)C1(C)CC1. The Labute approximate surface area is 187 Å². The zero-order valence-electron chi connectivity index (χ0n) is 17.9. The van der Waals surface area contributed by atoms with Gasteiger partial charge in [0.05, 0.1) is 17.6 Å². The van der Waals surface area contributed by atoms with E-state index in [-0.39, 0.29) is 22.6 Å². The topological polar surface area (TPSA) is 72.2 Å². The molecule has 1 aliphatic carbocycles. The standard InChI is InChI=1S/C24H20F3N5O/c1-14-5-6-15(12-18(14)30-22(33)23(2)9-10-23)19-13-32-20(29-19)8-7-17(31-32)16-4-3-11-28-21(16)24(25,26)27/h3-8,11-13H,9-10H2,1-2H3,(H,30,33). The van der Waals surface area contributed by atoms with Crippen molar-refractivity contribution in [1.29, 1.82) is 0 Å². The molecule has 1 aliphatic rings. The number of benzene rings is 1. The molecule has 1 aromatic carbocycles.